The smallest absolute Gasteiger partial charge is 0.191 e. The van der Waals surface area contributed by atoms with Crippen LogP contribution < -0.4 is 15.4 Å². The highest BCUT2D eigenvalue weighted by molar-refractivity contribution is 14.0. The van der Waals surface area contributed by atoms with Crippen LogP contribution in [0.15, 0.2) is 29.3 Å². The molecule has 148 valence electrons. The molecule has 1 aliphatic heterocycles. The SMILES string of the molecule is CN=C(NCCSC)NCc1cccc(OCCN2CCOCC2)c1.I. The molecule has 1 heterocycles. The molecule has 2 rings (SSSR count). The average Bonchev–Trinajstić information content (AvgIpc) is 2.66. The van der Waals surface area contributed by atoms with Crippen molar-refractivity contribution in [1.82, 2.24) is 15.5 Å². The molecule has 6 nitrogen and oxygen atoms in total. The van der Waals surface area contributed by atoms with Gasteiger partial charge in [0, 0.05) is 45.5 Å². The van der Waals surface area contributed by atoms with Crippen LogP contribution in [0, 0.1) is 0 Å². The van der Waals surface area contributed by atoms with Gasteiger partial charge in [-0.15, -0.1) is 24.0 Å². The lowest BCUT2D eigenvalue weighted by Gasteiger charge is -2.26. The summed E-state index contributed by atoms with van der Waals surface area (Å²) in [6, 6.07) is 8.22. The summed E-state index contributed by atoms with van der Waals surface area (Å²) >= 11 is 1.82. The first-order valence-corrected chi connectivity index (χ1v) is 10.2. The molecule has 0 spiro atoms. The molecule has 1 aromatic rings. The minimum Gasteiger partial charge on any atom is -0.492 e. The quantitative estimate of drug-likeness (QED) is 0.237. The fourth-order valence-corrected chi connectivity index (χ4v) is 2.85. The van der Waals surface area contributed by atoms with E-state index < -0.39 is 0 Å². The van der Waals surface area contributed by atoms with Crippen LogP contribution in [0.4, 0.5) is 0 Å². The van der Waals surface area contributed by atoms with Crippen LogP contribution in [-0.4, -0.2) is 75.9 Å². The van der Waals surface area contributed by atoms with Gasteiger partial charge in [-0.3, -0.25) is 9.89 Å². The van der Waals surface area contributed by atoms with Crippen molar-refractivity contribution in [3.63, 3.8) is 0 Å². The molecule has 0 bridgehead atoms. The molecular weight excluding hydrogens is 463 g/mol. The van der Waals surface area contributed by atoms with Crippen LogP contribution in [0.3, 0.4) is 0 Å². The molecule has 1 aromatic carbocycles. The number of thioether (sulfide) groups is 1. The molecule has 1 aliphatic rings. The van der Waals surface area contributed by atoms with Crippen molar-refractivity contribution in [3.05, 3.63) is 29.8 Å². The van der Waals surface area contributed by atoms with Gasteiger partial charge in [0.15, 0.2) is 5.96 Å². The largest absolute Gasteiger partial charge is 0.492 e. The van der Waals surface area contributed by atoms with Gasteiger partial charge in [0.05, 0.1) is 13.2 Å². The van der Waals surface area contributed by atoms with Gasteiger partial charge in [0.2, 0.25) is 0 Å². The number of benzene rings is 1. The Bertz CT molecular complexity index is 528. The molecule has 1 fully saturated rings. The molecule has 0 aliphatic carbocycles. The van der Waals surface area contributed by atoms with Crippen molar-refractivity contribution in [3.8, 4) is 5.75 Å². The van der Waals surface area contributed by atoms with Gasteiger partial charge in [-0.1, -0.05) is 12.1 Å². The monoisotopic (exact) mass is 494 g/mol. The summed E-state index contributed by atoms with van der Waals surface area (Å²) in [5, 5.41) is 6.63. The van der Waals surface area contributed by atoms with Gasteiger partial charge in [-0.05, 0) is 24.0 Å². The van der Waals surface area contributed by atoms with Crippen molar-refractivity contribution in [2.45, 2.75) is 6.54 Å². The highest BCUT2D eigenvalue weighted by Gasteiger charge is 2.09. The zero-order valence-electron chi connectivity index (χ0n) is 15.7. The Morgan fingerprint density at radius 1 is 1.31 bits per heavy atom. The molecule has 0 atom stereocenters. The summed E-state index contributed by atoms with van der Waals surface area (Å²) in [6.45, 7) is 6.92. The number of hydrogen-bond donors (Lipinski definition) is 2. The Morgan fingerprint density at radius 2 is 2.12 bits per heavy atom. The van der Waals surface area contributed by atoms with Gasteiger partial charge in [0.1, 0.15) is 12.4 Å². The Balaban J connectivity index is 0.00000338. The summed E-state index contributed by atoms with van der Waals surface area (Å²) in [5.41, 5.74) is 1.18. The first kappa shape index (κ1) is 23.3. The minimum absolute atomic E-state index is 0. The second kappa shape index (κ2) is 14.4. The number of guanidine groups is 1. The molecule has 0 saturated carbocycles. The number of hydrogen-bond acceptors (Lipinski definition) is 5. The number of nitrogens with zero attached hydrogens (tertiary/aromatic N) is 2. The average molecular weight is 494 g/mol. The van der Waals surface area contributed by atoms with Crippen LogP contribution in [0.2, 0.25) is 0 Å². The van der Waals surface area contributed by atoms with Gasteiger partial charge in [0.25, 0.3) is 0 Å². The van der Waals surface area contributed by atoms with Crippen LogP contribution in [0.5, 0.6) is 5.75 Å². The van der Waals surface area contributed by atoms with Crippen molar-refractivity contribution < 1.29 is 9.47 Å². The highest BCUT2D eigenvalue weighted by Crippen LogP contribution is 2.13. The van der Waals surface area contributed by atoms with Gasteiger partial charge in [-0.2, -0.15) is 11.8 Å². The molecule has 26 heavy (non-hydrogen) atoms. The number of aliphatic imine (C=N–C) groups is 1. The van der Waals surface area contributed by atoms with E-state index in [4.69, 9.17) is 9.47 Å². The number of morpholine rings is 1. The second-order valence-corrected chi connectivity index (χ2v) is 6.78. The van der Waals surface area contributed by atoms with E-state index in [9.17, 15) is 0 Å². The lowest BCUT2D eigenvalue weighted by molar-refractivity contribution is 0.0322. The summed E-state index contributed by atoms with van der Waals surface area (Å²) in [6.07, 6.45) is 2.10. The van der Waals surface area contributed by atoms with Crippen molar-refractivity contribution in [1.29, 1.82) is 0 Å². The van der Waals surface area contributed by atoms with Crippen LogP contribution in [0.25, 0.3) is 0 Å². The predicted molar refractivity (Wildman–Crippen MR) is 121 cm³/mol. The van der Waals surface area contributed by atoms with E-state index in [-0.39, 0.29) is 24.0 Å². The lowest BCUT2D eigenvalue weighted by atomic mass is 10.2. The number of halogens is 1. The molecule has 2 N–H and O–H groups in total. The number of nitrogens with one attached hydrogen (secondary N) is 2. The normalized spacial score (nSPS) is 15.2. The Labute approximate surface area is 178 Å². The molecule has 8 heteroatoms. The summed E-state index contributed by atoms with van der Waals surface area (Å²) in [7, 11) is 1.79. The van der Waals surface area contributed by atoms with E-state index in [0.717, 1.165) is 63.4 Å². The maximum atomic E-state index is 5.90. The number of ether oxygens (including phenoxy) is 2. The van der Waals surface area contributed by atoms with Gasteiger partial charge < -0.3 is 20.1 Å². The molecular formula is C18H31IN4O2S. The Hall–Kier alpha value is -0.710. The summed E-state index contributed by atoms with van der Waals surface area (Å²) < 4.78 is 11.3. The predicted octanol–water partition coefficient (Wildman–Crippen LogP) is 2.04. The van der Waals surface area contributed by atoms with Crippen LogP contribution in [0.1, 0.15) is 5.56 Å². The fourth-order valence-electron chi connectivity index (χ4n) is 2.54. The third-order valence-corrected chi connectivity index (χ3v) is 4.57. The third-order valence-electron chi connectivity index (χ3n) is 3.96. The van der Waals surface area contributed by atoms with Crippen molar-refractivity contribution in [2.75, 3.05) is 65.1 Å². The zero-order valence-corrected chi connectivity index (χ0v) is 18.8. The molecule has 0 unspecified atom stereocenters. The van der Waals surface area contributed by atoms with Gasteiger partial charge in [-0.25, -0.2) is 0 Å². The minimum atomic E-state index is 0. The van der Waals surface area contributed by atoms with Crippen molar-refractivity contribution in [2.24, 2.45) is 4.99 Å². The first-order valence-electron chi connectivity index (χ1n) is 8.77. The lowest BCUT2D eigenvalue weighted by Crippen LogP contribution is -2.38. The fraction of sp³-hybridized carbons (Fsp3) is 0.611. The molecule has 0 radical (unpaired) electrons. The summed E-state index contributed by atoms with van der Waals surface area (Å²) in [5.74, 6) is 2.80. The summed E-state index contributed by atoms with van der Waals surface area (Å²) in [4.78, 5) is 6.61. The topological polar surface area (TPSA) is 58.1 Å². The van der Waals surface area contributed by atoms with E-state index in [1.807, 2.05) is 23.9 Å². The molecule has 0 amide bonds. The van der Waals surface area contributed by atoms with Crippen molar-refractivity contribution >= 4 is 41.7 Å². The van der Waals surface area contributed by atoms with E-state index in [2.05, 4.69) is 38.9 Å². The van der Waals surface area contributed by atoms with E-state index in [1.165, 1.54) is 5.56 Å². The standard InChI is InChI=1S/C18H30N4O2S.HI/c1-19-18(20-6-13-25-2)21-15-16-4-3-5-17(14-16)24-12-9-22-7-10-23-11-8-22;/h3-5,14H,6-13,15H2,1-2H3,(H2,19,20,21);1H. The number of rotatable bonds is 9. The van der Waals surface area contributed by atoms with E-state index in [1.54, 1.807) is 7.05 Å². The van der Waals surface area contributed by atoms with Crippen LogP contribution in [-0.2, 0) is 11.3 Å². The molecule has 0 aromatic heterocycles. The second-order valence-electron chi connectivity index (χ2n) is 5.80. The third kappa shape index (κ3) is 9.29. The molecule has 1 saturated heterocycles. The van der Waals surface area contributed by atoms with Crippen LogP contribution >= 0.6 is 35.7 Å². The maximum Gasteiger partial charge on any atom is 0.191 e. The Kier molecular flexibility index (Phi) is 12.9. The van der Waals surface area contributed by atoms with E-state index >= 15 is 0 Å². The zero-order chi connectivity index (χ0) is 17.7. The highest BCUT2D eigenvalue weighted by atomic mass is 127. The Morgan fingerprint density at radius 3 is 2.85 bits per heavy atom. The first-order chi connectivity index (χ1) is 12.3. The van der Waals surface area contributed by atoms with Gasteiger partial charge >= 0.3 is 0 Å². The van der Waals surface area contributed by atoms with E-state index in [0.29, 0.717) is 6.61 Å². The maximum absolute atomic E-state index is 5.90.